The Labute approximate surface area is 238 Å². The van der Waals surface area contributed by atoms with E-state index >= 15 is 0 Å². The van der Waals surface area contributed by atoms with Gasteiger partial charge in [0, 0.05) is 12.6 Å². The highest BCUT2D eigenvalue weighted by atomic mass is 32.2. The summed E-state index contributed by atoms with van der Waals surface area (Å²) in [5.41, 5.74) is 2.25. The predicted octanol–water partition coefficient (Wildman–Crippen LogP) is 5.28. The molecule has 40 heavy (non-hydrogen) atoms. The molecule has 0 saturated carbocycles. The number of nitrogens with zero attached hydrogens (tertiary/aromatic N) is 2. The zero-order chi connectivity index (χ0) is 29.3. The van der Waals surface area contributed by atoms with E-state index in [-0.39, 0.29) is 18.5 Å². The molecule has 0 aliphatic carbocycles. The highest BCUT2D eigenvalue weighted by Gasteiger charge is 2.32. The van der Waals surface area contributed by atoms with Gasteiger partial charge in [0.05, 0.1) is 11.9 Å². The number of ether oxygens (including phenoxy) is 1. The third-order valence-corrected chi connectivity index (χ3v) is 7.78. The summed E-state index contributed by atoms with van der Waals surface area (Å²) in [5, 5.41) is 2.97. The maximum Gasteiger partial charge on any atom is 0.244 e. The molecule has 0 saturated heterocycles. The molecule has 0 spiro atoms. The van der Waals surface area contributed by atoms with Crippen LogP contribution in [-0.2, 0) is 26.2 Å². The first kappa shape index (κ1) is 30.7. The molecule has 8 nitrogen and oxygen atoms in total. The van der Waals surface area contributed by atoms with Crippen LogP contribution in [0.25, 0.3) is 0 Å². The Morgan fingerprint density at radius 3 is 2.02 bits per heavy atom. The molecular formula is C31H39N3O5S. The lowest BCUT2D eigenvalue weighted by Crippen LogP contribution is -2.53. The Hall–Kier alpha value is -3.85. The summed E-state index contributed by atoms with van der Waals surface area (Å²) in [6, 6.07) is 22.7. The van der Waals surface area contributed by atoms with Crippen LogP contribution < -0.4 is 14.4 Å². The lowest BCUT2D eigenvalue weighted by atomic mass is 10.1. The van der Waals surface area contributed by atoms with E-state index in [9.17, 15) is 18.0 Å². The SMILES string of the molecule is CC[C@@H](C)NC(=O)[C@@H](CC)N(Cc1ccc(C)cc1)C(=O)CN(c1ccc(Oc2ccccc2)cc1)S(C)(=O)=O. The van der Waals surface area contributed by atoms with E-state index in [1.165, 1.54) is 4.90 Å². The fourth-order valence-corrected chi connectivity index (χ4v) is 5.02. The standard InChI is InChI=1S/C31H39N3O5S/c1-6-24(4)32-31(36)29(7-2)33(21-25-15-13-23(3)14-16-25)30(35)22-34(40(5,37)38)26-17-19-28(20-18-26)39-27-11-9-8-10-12-27/h8-20,24,29H,6-7,21-22H2,1-5H3,(H,32,36)/t24-,29-/m1/s1. The molecule has 2 atom stereocenters. The van der Waals surface area contributed by atoms with Crippen molar-refractivity contribution in [3.05, 3.63) is 90.0 Å². The average Bonchev–Trinajstić information content (AvgIpc) is 2.93. The largest absolute Gasteiger partial charge is 0.457 e. The number of amides is 2. The number of carbonyl (C=O) groups excluding carboxylic acids is 2. The lowest BCUT2D eigenvalue weighted by molar-refractivity contribution is -0.140. The van der Waals surface area contributed by atoms with Gasteiger partial charge in [-0.2, -0.15) is 0 Å². The molecule has 214 valence electrons. The molecule has 0 radical (unpaired) electrons. The van der Waals surface area contributed by atoms with Crippen molar-refractivity contribution >= 4 is 27.5 Å². The second-order valence-electron chi connectivity index (χ2n) is 9.93. The minimum Gasteiger partial charge on any atom is -0.457 e. The minimum absolute atomic E-state index is 0.0537. The molecule has 0 aliphatic rings. The molecule has 3 aromatic rings. The van der Waals surface area contributed by atoms with E-state index in [4.69, 9.17) is 4.74 Å². The molecular weight excluding hydrogens is 526 g/mol. The fraction of sp³-hybridized carbons (Fsp3) is 0.355. The smallest absolute Gasteiger partial charge is 0.244 e. The Balaban J connectivity index is 1.89. The first-order chi connectivity index (χ1) is 19.0. The molecule has 2 amide bonds. The number of aryl methyl sites for hydroxylation is 1. The number of hydrogen-bond acceptors (Lipinski definition) is 5. The van der Waals surface area contributed by atoms with Crippen molar-refractivity contribution in [2.24, 2.45) is 0 Å². The van der Waals surface area contributed by atoms with Gasteiger partial charge in [-0.15, -0.1) is 0 Å². The van der Waals surface area contributed by atoms with Crippen LogP contribution >= 0.6 is 0 Å². The Morgan fingerprint density at radius 2 is 1.48 bits per heavy atom. The summed E-state index contributed by atoms with van der Waals surface area (Å²) in [4.78, 5) is 28.5. The van der Waals surface area contributed by atoms with Crippen LogP contribution in [0.3, 0.4) is 0 Å². The van der Waals surface area contributed by atoms with Gasteiger partial charge in [-0.25, -0.2) is 8.42 Å². The molecule has 0 bridgehead atoms. The normalized spacial score (nSPS) is 12.7. The number of benzene rings is 3. The topological polar surface area (TPSA) is 96.0 Å². The average molecular weight is 566 g/mol. The monoisotopic (exact) mass is 565 g/mol. The second-order valence-corrected chi connectivity index (χ2v) is 11.8. The molecule has 0 aliphatic heterocycles. The molecule has 3 rings (SSSR count). The number of carbonyl (C=O) groups is 2. The summed E-state index contributed by atoms with van der Waals surface area (Å²) in [6.45, 7) is 7.43. The van der Waals surface area contributed by atoms with Crippen molar-refractivity contribution in [3.63, 3.8) is 0 Å². The van der Waals surface area contributed by atoms with Crippen LogP contribution in [0, 0.1) is 6.92 Å². The van der Waals surface area contributed by atoms with Gasteiger partial charge < -0.3 is 15.0 Å². The van der Waals surface area contributed by atoms with E-state index in [0.29, 0.717) is 23.6 Å². The van der Waals surface area contributed by atoms with E-state index in [1.807, 2.05) is 82.3 Å². The molecule has 0 aromatic heterocycles. The molecule has 1 N–H and O–H groups in total. The third-order valence-electron chi connectivity index (χ3n) is 6.64. The number of rotatable bonds is 13. The van der Waals surface area contributed by atoms with Gasteiger partial charge in [0.2, 0.25) is 21.8 Å². The number of nitrogens with one attached hydrogen (secondary N) is 1. The van der Waals surface area contributed by atoms with Gasteiger partial charge in [0.25, 0.3) is 0 Å². The predicted molar refractivity (Wildman–Crippen MR) is 159 cm³/mol. The van der Waals surface area contributed by atoms with Crippen LogP contribution in [0.5, 0.6) is 11.5 Å². The van der Waals surface area contributed by atoms with E-state index in [1.54, 1.807) is 24.3 Å². The fourth-order valence-electron chi connectivity index (χ4n) is 4.17. The molecule has 0 fully saturated rings. The zero-order valence-corrected chi connectivity index (χ0v) is 24.6. The summed E-state index contributed by atoms with van der Waals surface area (Å²) in [6.07, 6.45) is 2.19. The van der Waals surface area contributed by atoms with Crippen molar-refractivity contribution in [3.8, 4) is 11.5 Å². The zero-order valence-electron chi connectivity index (χ0n) is 23.8. The molecule has 9 heteroatoms. The van der Waals surface area contributed by atoms with Gasteiger partial charge >= 0.3 is 0 Å². The lowest BCUT2D eigenvalue weighted by Gasteiger charge is -2.33. The number of anilines is 1. The van der Waals surface area contributed by atoms with Crippen LogP contribution in [0.2, 0.25) is 0 Å². The Bertz CT molecular complexity index is 1360. The second kappa shape index (κ2) is 14.0. The maximum absolute atomic E-state index is 13.8. The Kier molecular flexibility index (Phi) is 10.7. The van der Waals surface area contributed by atoms with E-state index < -0.39 is 28.5 Å². The maximum atomic E-state index is 13.8. The van der Waals surface area contributed by atoms with E-state index in [0.717, 1.165) is 28.1 Å². The van der Waals surface area contributed by atoms with Crippen LogP contribution in [0.4, 0.5) is 5.69 Å². The molecule has 0 unspecified atom stereocenters. The van der Waals surface area contributed by atoms with Crippen LogP contribution in [0.1, 0.15) is 44.7 Å². The highest BCUT2D eigenvalue weighted by Crippen LogP contribution is 2.26. The van der Waals surface area contributed by atoms with Gasteiger partial charge in [-0.1, -0.05) is 61.9 Å². The summed E-state index contributed by atoms with van der Waals surface area (Å²) >= 11 is 0. The van der Waals surface area contributed by atoms with Gasteiger partial charge in [0.15, 0.2) is 0 Å². The van der Waals surface area contributed by atoms with Crippen LogP contribution in [0.15, 0.2) is 78.9 Å². The molecule has 3 aromatic carbocycles. The Morgan fingerprint density at radius 1 is 0.875 bits per heavy atom. The first-order valence-corrected chi connectivity index (χ1v) is 15.3. The van der Waals surface area contributed by atoms with Gasteiger partial charge in [-0.3, -0.25) is 13.9 Å². The van der Waals surface area contributed by atoms with Crippen molar-refractivity contribution < 1.29 is 22.7 Å². The van der Waals surface area contributed by atoms with Gasteiger partial charge in [0.1, 0.15) is 24.1 Å². The van der Waals surface area contributed by atoms with Crippen molar-refractivity contribution in [2.45, 2.75) is 59.2 Å². The quantitative estimate of drug-likeness (QED) is 0.304. The third kappa shape index (κ3) is 8.58. The number of hydrogen-bond donors (Lipinski definition) is 1. The van der Waals surface area contributed by atoms with Crippen molar-refractivity contribution in [1.82, 2.24) is 10.2 Å². The minimum atomic E-state index is -3.83. The summed E-state index contributed by atoms with van der Waals surface area (Å²) < 4.78 is 32.6. The summed E-state index contributed by atoms with van der Waals surface area (Å²) in [5.74, 6) is 0.453. The first-order valence-electron chi connectivity index (χ1n) is 13.5. The molecule has 0 heterocycles. The van der Waals surface area contributed by atoms with Crippen molar-refractivity contribution in [1.29, 1.82) is 0 Å². The highest BCUT2D eigenvalue weighted by molar-refractivity contribution is 7.92. The van der Waals surface area contributed by atoms with Crippen LogP contribution in [-0.4, -0.2) is 50.0 Å². The van der Waals surface area contributed by atoms with E-state index in [2.05, 4.69) is 5.32 Å². The van der Waals surface area contributed by atoms with Crippen molar-refractivity contribution in [2.75, 3.05) is 17.1 Å². The number of para-hydroxylation sites is 1. The summed E-state index contributed by atoms with van der Waals surface area (Å²) in [7, 11) is -3.83. The van der Waals surface area contributed by atoms with Gasteiger partial charge in [-0.05, 0) is 68.7 Å². The number of sulfonamides is 1.